The molecule has 1 N–H and O–H groups in total. The van der Waals surface area contributed by atoms with Crippen molar-refractivity contribution in [2.75, 3.05) is 32.8 Å². The van der Waals surface area contributed by atoms with Crippen LogP contribution in [-0.4, -0.2) is 43.7 Å². The molecule has 2 saturated heterocycles. The number of rotatable bonds is 4. The van der Waals surface area contributed by atoms with Gasteiger partial charge in [-0.25, -0.2) is 0 Å². The first-order valence-corrected chi connectivity index (χ1v) is 10.1. The summed E-state index contributed by atoms with van der Waals surface area (Å²) in [5, 5.41) is 3.46. The minimum atomic E-state index is -0.0456. The summed E-state index contributed by atoms with van der Waals surface area (Å²) >= 11 is 0. The van der Waals surface area contributed by atoms with E-state index >= 15 is 0 Å². The van der Waals surface area contributed by atoms with Crippen molar-refractivity contribution in [3.05, 3.63) is 77.4 Å². The van der Waals surface area contributed by atoms with Crippen molar-refractivity contribution >= 4 is 12.0 Å². The van der Waals surface area contributed by atoms with Crippen molar-refractivity contribution in [2.24, 2.45) is 5.92 Å². The lowest BCUT2D eigenvalue weighted by molar-refractivity contribution is -0.144. The Hall–Kier alpha value is -2.43. The molecule has 146 valence electrons. The second-order valence-electron chi connectivity index (χ2n) is 7.53. The van der Waals surface area contributed by atoms with E-state index in [1.54, 1.807) is 0 Å². The third-order valence-corrected chi connectivity index (χ3v) is 5.87. The van der Waals surface area contributed by atoms with Crippen LogP contribution < -0.4 is 5.32 Å². The number of benzene rings is 2. The van der Waals surface area contributed by atoms with Crippen LogP contribution in [0.5, 0.6) is 0 Å². The molecule has 2 heterocycles. The van der Waals surface area contributed by atoms with Gasteiger partial charge in [0.05, 0.1) is 25.2 Å². The predicted octanol–water partition coefficient (Wildman–Crippen LogP) is 3.62. The molecular weight excluding hydrogens is 348 g/mol. The minimum Gasteiger partial charge on any atom is -0.377 e. The fraction of sp³-hybridized carbons (Fsp3) is 0.375. The van der Waals surface area contributed by atoms with Crippen LogP contribution in [0.4, 0.5) is 0 Å². The van der Waals surface area contributed by atoms with Gasteiger partial charge in [-0.3, -0.25) is 4.79 Å². The molecule has 2 aliphatic heterocycles. The highest BCUT2D eigenvalue weighted by atomic mass is 16.5. The molecule has 0 aromatic heterocycles. The van der Waals surface area contributed by atoms with E-state index in [4.69, 9.17) is 4.74 Å². The summed E-state index contributed by atoms with van der Waals surface area (Å²) in [6.07, 6.45) is 4.20. The van der Waals surface area contributed by atoms with Crippen molar-refractivity contribution in [2.45, 2.75) is 18.9 Å². The molecule has 0 saturated carbocycles. The molecule has 0 spiro atoms. The Bertz CT molecular complexity index is 834. The second-order valence-corrected chi connectivity index (χ2v) is 7.53. The summed E-state index contributed by atoms with van der Waals surface area (Å²) in [5.74, 6) is 0.386. The number of amides is 1. The Morgan fingerprint density at radius 3 is 2.71 bits per heavy atom. The van der Waals surface area contributed by atoms with Gasteiger partial charge in [0.25, 0.3) is 0 Å². The van der Waals surface area contributed by atoms with Gasteiger partial charge in [-0.1, -0.05) is 66.7 Å². The maximum Gasteiger partial charge on any atom is 0.228 e. The Labute approximate surface area is 167 Å². The summed E-state index contributed by atoms with van der Waals surface area (Å²) in [5.41, 5.74) is 3.61. The smallest absolute Gasteiger partial charge is 0.228 e. The van der Waals surface area contributed by atoms with Gasteiger partial charge in [-0.2, -0.15) is 0 Å². The molecule has 4 rings (SSSR count). The van der Waals surface area contributed by atoms with Gasteiger partial charge in [0, 0.05) is 25.6 Å². The Morgan fingerprint density at radius 2 is 1.89 bits per heavy atom. The first-order valence-electron chi connectivity index (χ1n) is 10.1. The van der Waals surface area contributed by atoms with Crippen molar-refractivity contribution in [1.29, 1.82) is 0 Å². The van der Waals surface area contributed by atoms with E-state index < -0.39 is 0 Å². The molecule has 2 aromatic carbocycles. The van der Waals surface area contributed by atoms with Crippen LogP contribution in [0.15, 0.2) is 60.7 Å². The Morgan fingerprint density at radius 1 is 1.11 bits per heavy atom. The molecule has 2 fully saturated rings. The molecule has 4 heteroatoms. The fourth-order valence-corrected chi connectivity index (χ4v) is 4.48. The second kappa shape index (κ2) is 8.72. The van der Waals surface area contributed by atoms with E-state index in [2.05, 4.69) is 53.9 Å². The molecule has 0 unspecified atom stereocenters. The van der Waals surface area contributed by atoms with Crippen molar-refractivity contribution in [3.63, 3.8) is 0 Å². The standard InChI is InChI=1S/C24H28N2O2/c1-2-8-18-9-6-7-12-20(18)21-15-25-16-22(21)24(27)26-13-14-28-17-23(26)19-10-4-3-5-11-19/h2-12,21-23,25H,13-17H2,1H3/b8-2+/t21-,22+,23+/m0/s1. The summed E-state index contributed by atoms with van der Waals surface area (Å²) < 4.78 is 5.72. The fourth-order valence-electron chi connectivity index (χ4n) is 4.48. The van der Waals surface area contributed by atoms with Crippen LogP contribution in [0.25, 0.3) is 6.08 Å². The highest BCUT2D eigenvalue weighted by molar-refractivity contribution is 5.81. The van der Waals surface area contributed by atoms with Crippen LogP contribution in [-0.2, 0) is 9.53 Å². The summed E-state index contributed by atoms with van der Waals surface area (Å²) in [6.45, 7) is 5.42. The lowest BCUT2D eigenvalue weighted by Gasteiger charge is -2.38. The number of nitrogens with zero attached hydrogens (tertiary/aromatic N) is 1. The van der Waals surface area contributed by atoms with Crippen molar-refractivity contribution in [3.8, 4) is 0 Å². The zero-order valence-electron chi connectivity index (χ0n) is 16.4. The molecule has 0 bridgehead atoms. The van der Waals surface area contributed by atoms with Gasteiger partial charge >= 0.3 is 0 Å². The zero-order chi connectivity index (χ0) is 19.3. The number of morpholine rings is 1. The maximum absolute atomic E-state index is 13.6. The molecule has 0 radical (unpaired) electrons. The number of hydrogen-bond donors (Lipinski definition) is 1. The van der Waals surface area contributed by atoms with E-state index in [9.17, 15) is 4.79 Å². The first-order chi connectivity index (χ1) is 13.8. The van der Waals surface area contributed by atoms with Crippen LogP contribution in [0.2, 0.25) is 0 Å². The monoisotopic (exact) mass is 376 g/mol. The number of carbonyl (C=O) groups is 1. The predicted molar refractivity (Wildman–Crippen MR) is 112 cm³/mol. The first kappa shape index (κ1) is 18.9. The Kier molecular flexibility index (Phi) is 5.89. The highest BCUT2D eigenvalue weighted by Gasteiger charge is 2.40. The molecule has 4 nitrogen and oxygen atoms in total. The number of nitrogens with one attached hydrogen (secondary N) is 1. The van der Waals surface area contributed by atoms with Gasteiger partial charge in [-0.15, -0.1) is 0 Å². The molecule has 28 heavy (non-hydrogen) atoms. The third kappa shape index (κ3) is 3.75. The maximum atomic E-state index is 13.6. The van der Waals surface area contributed by atoms with Gasteiger partial charge in [0.15, 0.2) is 0 Å². The van der Waals surface area contributed by atoms with Crippen LogP contribution in [0.1, 0.15) is 35.6 Å². The van der Waals surface area contributed by atoms with Gasteiger partial charge < -0.3 is 15.0 Å². The van der Waals surface area contributed by atoms with Gasteiger partial charge in [0.1, 0.15) is 0 Å². The molecular formula is C24H28N2O2. The zero-order valence-corrected chi connectivity index (χ0v) is 16.4. The quantitative estimate of drug-likeness (QED) is 0.886. The topological polar surface area (TPSA) is 41.6 Å². The minimum absolute atomic E-state index is 0.00511. The van der Waals surface area contributed by atoms with E-state index in [1.807, 2.05) is 30.0 Å². The SMILES string of the molecule is C/C=C/c1ccccc1[C@@H]1CNC[C@H]1C(=O)N1CCOC[C@@H]1c1ccccc1. The number of hydrogen-bond acceptors (Lipinski definition) is 3. The summed E-state index contributed by atoms with van der Waals surface area (Å²) in [6, 6.07) is 18.7. The number of carbonyl (C=O) groups excluding carboxylic acids is 1. The molecule has 1 amide bonds. The average Bonchev–Trinajstić information content (AvgIpc) is 3.24. The molecule has 0 aliphatic carbocycles. The van der Waals surface area contributed by atoms with Crippen molar-refractivity contribution in [1.82, 2.24) is 10.2 Å². The normalized spacial score (nSPS) is 25.3. The van der Waals surface area contributed by atoms with E-state index in [0.29, 0.717) is 19.8 Å². The number of allylic oxidation sites excluding steroid dienone is 1. The molecule has 2 aromatic rings. The van der Waals surface area contributed by atoms with E-state index in [1.165, 1.54) is 11.1 Å². The van der Waals surface area contributed by atoms with Crippen LogP contribution >= 0.6 is 0 Å². The average molecular weight is 377 g/mol. The summed E-state index contributed by atoms with van der Waals surface area (Å²) in [7, 11) is 0. The van der Waals surface area contributed by atoms with E-state index in [0.717, 1.165) is 18.7 Å². The van der Waals surface area contributed by atoms with Crippen molar-refractivity contribution < 1.29 is 9.53 Å². The van der Waals surface area contributed by atoms with Gasteiger partial charge in [-0.05, 0) is 23.6 Å². The summed E-state index contributed by atoms with van der Waals surface area (Å²) in [4.78, 5) is 15.7. The Balaban J connectivity index is 1.61. The third-order valence-electron chi connectivity index (χ3n) is 5.87. The van der Waals surface area contributed by atoms with Crippen LogP contribution in [0.3, 0.4) is 0 Å². The van der Waals surface area contributed by atoms with E-state index in [-0.39, 0.29) is 23.8 Å². The largest absolute Gasteiger partial charge is 0.377 e. The lowest BCUT2D eigenvalue weighted by atomic mass is 9.84. The molecule has 2 aliphatic rings. The molecule has 3 atom stereocenters. The lowest BCUT2D eigenvalue weighted by Crippen LogP contribution is -2.47. The highest BCUT2D eigenvalue weighted by Crippen LogP contribution is 2.35. The van der Waals surface area contributed by atoms with Crippen LogP contribution in [0, 0.1) is 5.92 Å². The van der Waals surface area contributed by atoms with Gasteiger partial charge in [0.2, 0.25) is 5.91 Å². The number of ether oxygens (including phenoxy) is 1.